The van der Waals surface area contributed by atoms with E-state index in [1.54, 1.807) is 0 Å². The van der Waals surface area contributed by atoms with E-state index in [1.165, 1.54) is 38.5 Å². The lowest BCUT2D eigenvalue weighted by molar-refractivity contribution is 0.324. The number of hydrogen-bond donors (Lipinski definition) is 0. The van der Waals surface area contributed by atoms with Crippen LogP contribution in [0, 0.1) is 0 Å². The molecule has 0 aliphatic heterocycles. The molecule has 3 nitrogen and oxygen atoms in total. The molecule has 0 fully saturated rings. The zero-order valence-electron chi connectivity index (χ0n) is 18.7. The molecule has 0 radical (unpaired) electrons. The van der Waals surface area contributed by atoms with Crippen LogP contribution in [0.3, 0.4) is 0 Å². The smallest absolute Gasteiger partial charge is 0.316 e. The second-order valence-electron chi connectivity index (χ2n) is 8.97. The lowest BCUT2D eigenvalue weighted by Gasteiger charge is -2.41. The Morgan fingerprint density at radius 2 is 0.938 bits per heavy atom. The first kappa shape index (κ1) is 49.4. The van der Waals surface area contributed by atoms with E-state index in [2.05, 4.69) is 65.9 Å². The molecule has 0 saturated carbocycles. The van der Waals surface area contributed by atoms with E-state index in [-0.39, 0.29) is 44.6 Å². The zero-order chi connectivity index (χ0) is 20.5. The highest BCUT2D eigenvalue weighted by Crippen LogP contribution is 2.29. The van der Waals surface area contributed by atoms with Gasteiger partial charge in [0.05, 0.1) is 0 Å². The fourth-order valence-electron chi connectivity index (χ4n) is 3.16. The Bertz CT molecular complexity index is 441. The fraction of sp³-hybridized carbons (Fsp3) is 0.840. The van der Waals surface area contributed by atoms with Crippen LogP contribution in [-0.2, 0) is 12.3 Å². The van der Waals surface area contributed by atoms with Gasteiger partial charge < -0.3 is 12.3 Å². The largest absolute Gasteiger partial charge is 0.433 e. The van der Waals surface area contributed by atoms with E-state index in [9.17, 15) is 0 Å². The second kappa shape index (κ2) is 21.7. The summed E-state index contributed by atoms with van der Waals surface area (Å²) in [5, 5.41) is 0. The first-order chi connectivity index (χ1) is 11.8. The van der Waals surface area contributed by atoms with E-state index in [1.807, 2.05) is 11.4 Å². The molecular formula is C25H68O3Si4. The predicted octanol–water partition coefficient (Wildman–Crippen LogP) is 10.8. The van der Waals surface area contributed by atoms with Crippen molar-refractivity contribution in [2.45, 2.75) is 142 Å². The van der Waals surface area contributed by atoms with Gasteiger partial charge in [-0.05, 0) is 51.9 Å². The van der Waals surface area contributed by atoms with Gasteiger partial charge in [0.1, 0.15) is 0 Å². The average Bonchev–Trinajstić information content (AvgIpc) is 2.48. The fourth-order valence-corrected chi connectivity index (χ4v) is 20.3. The van der Waals surface area contributed by atoms with E-state index in [0.29, 0.717) is 0 Å². The maximum Gasteiger partial charge on any atom is 0.316 e. The molecule has 0 rings (SSSR count). The van der Waals surface area contributed by atoms with Crippen LogP contribution in [0.2, 0.25) is 51.9 Å². The highest BCUT2D eigenvalue weighted by Gasteiger charge is 2.44. The van der Waals surface area contributed by atoms with Gasteiger partial charge in [0.25, 0.3) is 0 Å². The van der Waals surface area contributed by atoms with E-state index in [4.69, 9.17) is 12.3 Å². The maximum absolute atomic E-state index is 6.74. The number of rotatable bonds is 15. The molecule has 0 aromatic carbocycles. The molecule has 7 heteroatoms. The van der Waals surface area contributed by atoms with Gasteiger partial charge in [-0.25, -0.2) is 0 Å². The molecule has 1 unspecified atom stereocenters. The van der Waals surface area contributed by atoms with E-state index < -0.39 is 33.8 Å². The Kier molecular flexibility index (Phi) is 33.5. The average molecular weight is 529 g/mol. The van der Waals surface area contributed by atoms with Crippen molar-refractivity contribution in [3.8, 4) is 0 Å². The highest BCUT2D eigenvalue weighted by atomic mass is 28.5. The van der Waals surface area contributed by atoms with Crippen molar-refractivity contribution in [3.63, 3.8) is 0 Å². The molecule has 0 aliphatic rings. The quantitative estimate of drug-likeness (QED) is 0.156. The molecule has 0 spiro atoms. The third-order valence-electron chi connectivity index (χ3n) is 4.42. The van der Waals surface area contributed by atoms with Crippen molar-refractivity contribution in [2.75, 3.05) is 0 Å². The molecule has 32 heavy (non-hydrogen) atoms. The normalized spacial score (nSPS) is 12.6. The van der Waals surface area contributed by atoms with Crippen molar-refractivity contribution in [3.05, 3.63) is 24.6 Å². The second-order valence-corrected chi connectivity index (χ2v) is 24.2. The molecule has 0 saturated heterocycles. The molecule has 0 heterocycles. The summed E-state index contributed by atoms with van der Waals surface area (Å²) in [7, 11) is -8.36. The van der Waals surface area contributed by atoms with Gasteiger partial charge in [-0.2, -0.15) is 0 Å². The topological polar surface area (TPSA) is 27.7 Å². The minimum absolute atomic E-state index is 0. The van der Waals surface area contributed by atoms with E-state index in [0.717, 1.165) is 6.04 Å². The van der Waals surface area contributed by atoms with Gasteiger partial charge in [0.15, 0.2) is 16.6 Å². The maximum atomic E-state index is 6.74. The summed E-state index contributed by atoms with van der Waals surface area (Å²) in [4.78, 5) is 0. The minimum atomic E-state index is -2.31. The first-order valence-electron chi connectivity index (χ1n) is 10.2. The van der Waals surface area contributed by atoms with Crippen molar-refractivity contribution >= 4 is 33.8 Å². The van der Waals surface area contributed by atoms with Crippen LogP contribution in [0.4, 0.5) is 0 Å². The molecule has 0 aliphatic carbocycles. The third kappa shape index (κ3) is 23.4. The standard InChI is InChI=1S/C19H44O3Si4.6CH4/c1-11-14-15-16-17-18-19-26(10,21-24(6,7)13-3)22-25(8,9)20-23(4,5)12-2;;;;;;/h12-13H,2-3,11,14-19H2,1,4-10H3;6*1H4. The van der Waals surface area contributed by atoms with Crippen molar-refractivity contribution in [2.24, 2.45) is 0 Å². The van der Waals surface area contributed by atoms with Crippen LogP contribution < -0.4 is 0 Å². The third-order valence-corrected chi connectivity index (χ3v) is 19.2. The van der Waals surface area contributed by atoms with Crippen LogP contribution in [0.1, 0.15) is 90.0 Å². The summed E-state index contributed by atoms with van der Waals surface area (Å²) in [5.74, 6) is 0. The summed E-state index contributed by atoms with van der Waals surface area (Å²) in [6.07, 6.45) is 7.73. The predicted molar refractivity (Wildman–Crippen MR) is 166 cm³/mol. The minimum Gasteiger partial charge on any atom is -0.433 e. The van der Waals surface area contributed by atoms with Crippen LogP contribution in [0.25, 0.3) is 0 Å². The Balaban J connectivity index is -0.000000208. The van der Waals surface area contributed by atoms with Crippen molar-refractivity contribution in [1.29, 1.82) is 0 Å². The van der Waals surface area contributed by atoms with Crippen LogP contribution in [0.5, 0.6) is 0 Å². The molecule has 1 atom stereocenters. The molecule has 0 aromatic heterocycles. The van der Waals surface area contributed by atoms with Gasteiger partial charge >= 0.3 is 17.1 Å². The first-order valence-corrected chi connectivity index (χ1v) is 21.5. The van der Waals surface area contributed by atoms with Crippen LogP contribution in [-0.4, -0.2) is 33.8 Å². The number of unbranched alkanes of at least 4 members (excludes halogenated alkanes) is 5. The van der Waals surface area contributed by atoms with Crippen LogP contribution >= 0.6 is 0 Å². The van der Waals surface area contributed by atoms with Gasteiger partial charge in [-0.3, -0.25) is 0 Å². The van der Waals surface area contributed by atoms with Crippen molar-refractivity contribution in [1.82, 2.24) is 0 Å². The van der Waals surface area contributed by atoms with Gasteiger partial charge in [0, 0.05) is 0 Å². The highest BCUT2D eigenvalue weighted by molar-refractivity contribution is 6.91. The summed E-state index contributed by atoms with van der Waals surface area (Å²) in [6.45, 7) is 25.5. The number of hydrogen-bond acceptors (Lipinski definition) is 3. The van der Waals surface area contributed by atoms with Crippen LogP contribution in [0.15, 0.2) is 24.6 Å². The summed E-state index contributed by atoms with van der Waals surface area (Å²) >= 11 is 0. The molecule has 0 aromatic rings. The summed E-state index contributed by atoms with van der Waals surface area (Å²) in [5.41, 5.74) is 4.00. The zero-order valence-corrected chi connectivity index (χ0v) is 22.7. The molecule has 202 valence electrons. The molecular weight excluding hydrogens is 461 g/mol. The van der Waals surface area contributed by atoms with Gasteiger partial charge in [0.2, 0.25) is 0 Å². The Morgan fingerprint density at radius 1 is 0.562 bits per heavy atom. The lowest BCUT2D eigenvalue weighted by atomic mass is 10.1. The summed E-state index contributed by atoms with van der Waals surface area (Å²) in [6, 6.07) is 1.04. The monoisotopic (exact) mass is 528 g/mol. The Labute approximate surface area is 212 Å². The Hall–Kier alpha value is 0.228. The van der Waals surface area contributed by atoms with Gasteiger partial charge in [-0.1, -0.05) is 101 Å². The molecule has 0 N–H and O–H groups in total. The summed E-state index contributed by atoms with van der Waals surface area (Å²) < 4.78 is 19.9. The molecule has 0 amide bonds. The van der Waals surface area contributed by atoms with E-state index >= 15 is 0 Å². The SMILES string of the molecule is C.C.C.C.C.C.C=C[Si](C)(C)O[Si](C)(C)O[Si](C)(CCCCCCCC)O[Si](C)(C)C=C. The Morgan fingerprint density at radius 3 is 1.34 bits per heavy atom. The lowest BCUT2D eigenvalue weighted by Crippen LogP contribution is -2.57. The van der Waals surface area contributed by atoms with Crippen molar-refractivity contribution < 1.29 is 12.3 Å². The van der Waals surface area contributed by atoms with Gasteiger partial charge in [-0.15, -0.1) is 13.2 Å². The molecule has 0 bridgehead atoms.